The average molecular weight is 443 g/mol. The zero-order valence-electron chi connectivity index (χ0n) is 20.4. The van der Waals surface area contributed by atoms with Crippen molar-refractivity contribution >= 4 is 5.97 Å². The number of carbonyl (C=O) groups excluding carboxylic acids is 1. The zero-order chi connectivity index (χ0) is 23.3. The van der Waals surface area contributed by atoms with Crippen molar-refractivity contribution in [2.75, 3.05) is 0 Å². The van der Waals surface area contributed by atoms with E-state index >= 15 is 0 Å². The van der Waals surface area contributed by atoms with Crippen LogP contribution in [0.2, 0.25) is 0 Å². The van der Waals surface area contributed by atoms with Crippen LogP contribution in [0.5, 0.6) is 0 Å². The molecule has 4 rings (SSSR count). The highest BCUT2D eigenvalue weighted by Gasteiger charge is 2.54. The standard InChI is InChI=1S/C28H42O4/c1-17-8-11-22(29)16-21(17)10-9-20-7-6-14-27(4)23(12-13-24(20)27)18(2)15-25-19(3)28(5,31)26(30)32-25/h9-10,18-19,22-25,29,31H,1,6-8,11-16H2,2-5H3/b20-9+,21-10-/t18-,19+,22+,23-,24+,25?,27-,28?/m1/s1. The fraction of sp³-hybridized carbons (Fsp3) is 0.750. The number of cyclic esters (lactones) is 1. The monoisotopic (exact) mass is 442 g/mol. The van der Waals surface area contributed by atoms with Crippen molar-refractivity contribution in [3.8, 4) is 0 Å². The second-order valence-corrected chi connectivity index (χ2v) is 11.6. The smallest absolute Gasteiger partial charge is 0.338 e. The average Bonchev–Trinajstić information content (AvgIpc) is 3.18. The third-order valence-electron chi connectivity index (χ3n) is 9.63. The molecule has 1 heterocycles. The maximum Gasteiger partial charge on any atom is 0.338 e. The van der Waals surface area contributed by atoms with Gasteiger partial charge in [-0.25, -0.2) is 4.79 Å². The van der Waals surface area contributed by atoms with Gasteiger partial charge < -0.3 is 14.9 Å². The van der Waals surface area contributed by atoms with Crippen molar-refractivity contribution in [2.24, 2.45) is 29.1 Å². The Morgan fingerprint density at radius 3 is 2.66 bits per heavy atom. The number of fused-ring (bicyclic) bond motifs is 1. The lowest BCUT2D eigenvalue weighted by atomic mass is 9.60. The molecule has 1 aliphatic heterocycles. The minimum absolute atomic E-state index is 0.171. The predicted molar refractivity (Wildman–Crippen MR) is 127 cm³/mol. The minimum Gasteiger partial charge on any atom is -0.460 e. The van der Waals surface area contributed by atoms with E-state index < -0.39 is 11.6 Å². The van der Waals surface area contributed by atoms with Crippen LogP contribution in [0, 0.1) is 29.1 Å². The Labute approximate surface area is 193 Å². The van der Waals surface area contributed by atoms with E-state index in [4.69, 9.17) is 4.74 Å². The fourth-order valence-corrected chi connectivity index (χ4v) is 7.30. The van der Waals surface area contributed by atoms with Crippen molar-refractivity contribution < 1.29 is 19.7 Å². The first-order valence-electron chi connectivity index (χ1n) is 12.7. The van der Waals surface area contributed by atoms with E-state index in [2.05, 4.69) is 32.6 Å². The largest absolute Gasteiger partial charge is 0.460 e. The molecule has 32 heavy (non-hydrogen) atoms. The Kier molecular flexibility index (Phi) is 6.50. The molecule has 0 aromatic carbocycles. The van der Waals surface area contributed by atoms with Gasteiger partial charge in [-0.15, -0.1) is 0 Å². The van der Waals surface area contributed by atoms with Crippen molar-refractivity contribution in [3.05, 3.63) is 35.5 Å². The first-order chi connectivity index (χ1) is 15.0. The number of hydrogen-bond donors (Lipinski definition) is 2. The molecule has 3 saturated carbocycles. The second kappa shape index (κ2) is 8.76. The number of rotatable bonds is 4. The summed E-state index contributed by atoms with van der Waals surface area (Å²) >= 11 is 0. The highest BCUT2D eigenvalue weighted by Crippen LogP contribution is 2.60. The Morgan fingerprint density at radius 2 is 1.97 bits per heavy atom. The van der Waals surface area contributed by atoms with Gasteiger partial charge in [-0.3, -0.25) is 0 Å². The summed E-state index contributed by atoms with van der Waals surface area (Å²) in [6.45, 7) is 12.5. The van der Waals surface area contributed by atoms with Crippen LogP contribution in [-0.4, -0.2) is 34.0 Å². The van der Waals surface area contributed by atoms with Crippen LogP contribution < -0.4 is 0 Å². The Balaban J connectivity index is 1.48. The van der Waals surface area contributed by atoms with Crippen LogP contribution in [0.15, 0.2) is 35.5 Å². The summed E-state index contributed by atoms with van der Waals surface area (Å²) in [7, 11) is 0. The Bertz CT molecular complexity index is 821. The molecular weight excluding hydrogens is 400 g/mol. The third-order valence-corrected chi connectivity index (χ3v) is 9.63. The van der Waals surface area contributed by atoms with E-state index in [0.717, 1.165) is 25.7 Å². The summed E-state index contributed by atoms with van der Waals surface area (Å²) in [6.07, 6.45) is 13.5. The SMILES string of the molecule is C=C1CC[C@H](O)C/C1=C/C=C1\CCC[C@]2(C)[C@@H]([C@H](C)CC3OC(=O)C(C)(O)[C@H]3C)CC[C@@H]12. The molecular formula is C28H42O4. The van der Waals surface area contributed by atoms with E-state index in [0.29, 0.717) is 17.8 Å². The molecule has 0 spiro atoms. The maximum atomic E-state index is 12.1. The molecule has 0 aromatic rings. The molecule has 0 amide bonds. The van der Waals surface area contributed by atoms with Crippen molar-refractivity contribution in [3.63, 3.8) is 0 Å². The van der Waals surface area contributed by atoms with Gasteiger partial charge in [0.05, 0.1) is 6.10 Å². The first kappa shape index (κ1) is 23.8. The maximum absolute atomic E-state index is 12.1. The van der Waals surface area contributed by atoms with E-state index in [1.165, 1.54) is 43.3 Å². The molecule has 4 nitrogen and oxygen atoms in total. The number of allylic oxidation sites excluding steroid dienone is 4. The van der Waals surface area contributed by atoms with Crippen molar-refractivity contribution in [1.82, 2.24) is 0 Å². The zero-order valence-corrected chi connectivity index (χ0v) is 20.4. The van der Waals surface area contributed by atoms with Gasteiger partial charge in [0.15, 0.2) is 5.60 Å². The summed E-state index contributed by atoms with van der Waals surface area (Å²) < 4.78 is 5.60. The van der Waals surface area contributed by atoms with Crippen LogP contribution in [-0.2, 0) is 9.53 Å². The highest BCUT2D eigenvalue weighted by molar-refractivity contribution is 5.81. The molecule has 2 unspecified atom stereocenters. The second-order valence-electron chi connectivity index (χ2n) is 11.6. The molecule has 3 aliphatic carbocycles. The Hall–Kier alpha value is -1.39. The molecule has 4 heteroatoms. The number of esters is 1. The first-order valence-corrected chi connectivity index (χ1v) is 12.7. The van der Waals surface area contributed by atoms with Gasteiger partial charge in [0.1, 0.15) is 6.10 Å². The lowest BCUT2D eigenvalue weighted by Gasteiger charge is -2.44. The van der Waals surface area contributed by atoms with Gasteiger partial charge in [0, 0.05) is 5.92 Å². The molecule has 1 saturated heterocycles. The number of aliphatic hydroxyl groups is 2. The summed E-state index contributed by atoms with van der Waals surface area (Å²) in [6, 6.07) is 0. The fourth-order valence-electron chi connectivity index (χ4n) is 7.30. The summed E-state index contributed by atoms with van der Waals surface area (Å²) in [4.78, 5) is 12.1. The predicted octanol–water partition coefficient (Wildman–Crippen LogP) is 5.50. The van der Waals surface area contributed by atoms with Crippen LogP contribution in [0.25, 0.3) is 0 Å². The van der Waals surface area contributed by atoms with E-state index in [-0.39, 0.29) is 23.5 Å². The summed E-state index contributed by atoms with van der Waals surface area (Å²) in [5, 5.41) is 20.5. The number of ether oxygens (including phenoxy) is 1. The van der Waals surface area contributed by atoms with Gasteiger partial charge in [0.2, 0.25) is 0 Å². The molecule has 2 N–H and O–H groups in total. The summed E-state index contributed by atoms with van der Waals surface area (Å²) in [5.41, 5.74) is 2.88. The van der Waals surface area contributed by atoms with Crippen molar-refractivity contribution in [2.45, 2.75) is 103 Å². The van der Waals surface area contributed by atoms with Crippen molar-refractivity contribution in [1.29, 1.82) is 0 Å². The number of carbonyl (C=O) groups is 1. The molecule has 8 atom stereocenters. The lowest BCUT2D eigenvalue weighted by Crippen LogP contribution is -2.39. The molecule has 0 radical (unpaired) electrons. The van der Waals surface area contributed by atoms with Gasteiger partial charge >= 0.3 is 5.97 Å². The molecule has 0 aromatic heterocycles. The van der Waals surface area contributed by atoms with Gasteiger partial charge in [-0.05, 0) is 93.5 Å². The quantitative estimate of drug-likeness (QED) is 0.565. The van der Waals surface area contributed by atoms with Crippen LogP contribution in [0.3, 0.4) is 0 Å². The van der Waals surface area contributed by atoms with E-state index in [9.17, 15) is 15.0 Å². The summed E-state index contributed by atoms with van der Waals surface area (Å²) in [5.74, 6) is 1.02. The van der Waals surface area contributed by atoms with Crippen LogP contribution in [0.4, 0.5) is 0 Å². The van der Waals surface area contributed by atoms with Crippen LogP contribution >= 0.6 is 0 Å². The van der Waals surface area contributed by atoms with Crippen LogP contribution in [0.1, 0.15) is 85.5 Å². The Morgan fingerprint density at radius 1 is 1.22 bits per heavy atom. The normalized spacial score (nSPS) is 45.9. The molecule has 4 fully saturated rings. The lowest BCUT2D eigenvalue weighted by molar-refractivity contribution is -0.154. The third kappa shape index (κ3) is 4.14. The van der Waals surface area contributed by atoms with E-state index in [1.54, 1.807) is 12.5 Å². The van der Waals surface area contributed by atoms with Gasteiger partial charge in [-0.2, -0.15) is 0 Å². The molecule has 178 valence electrons. The molecule has 0 bridgehead atoms. The topological polar surface area (TPSA) is 66.8 Å². The number of aliphatic hydroxyl groups excluding tert-OH is 1. The van der Waals surface area contributed by atoms with Gasteiger partial charge in [-0.1, -0.05) is 50.6 Å². The molecule has 4 aliphatic rings. The van der Waals surface area contributed by atoms with E-state index in [1.807, 2.05) is 6.92 Å². The van der Waals surface area contributed by atoms with Gasteiger partial charge in [0.25, 0.3) is 0 Å². The number of hydrogen-bond acceptors (Lipinski definition) is 4. The highest BCUT2D eigenvalue weighted by atomic mass is 16.6. The minimum atomic E-state index is -1.36.